The molecule has 53 heavy (non-hydrogen) atoms. The van der Waals surface area contributed by atoms with Crippen molar-refractivity contribution < 1.29 is 9.47 Å². The van der Waals surface area contributed by atoms with E-state index < -0.39 is 0 Å². The minimum Gasteiger partial charge on any atom is -0.344 e. The minimum absolute atomic E-state index is 0.241. The van der Waals surface area contributed by atoms with E-state index in [0.29, 0.717) is 6.04 Å². The number of pyridine rings is 1. The van der Waals surface area contributed by atoms with Gasteiger partial charge in [0.2, 0.25) is 0 Å². The highest BCUT2D eigenvalue weighted by atomic mass is 16.8. The van der Waals surface area contributed by atoms with Crippen molar-refractivity contribution in [1.29, 1.82) is 0 Å². The van der Waals surface area contributed by atoms with Gasteiger partial charge in [-0.15, -0.1) is 0 Å². The Hall–Kier alpha value is -2.01. The fraction of sp³-hybridized carbons (Fsp3) is 0.735. The summed E-state index contributed by atoms with van der Waals surface area (Å²) in [7, 11) is 2.25. The van der Waals surface area contributed by atoms with Crippen LogP contribution in [0.25, 0.3) is 0 Å². The Bertz CT molecular complexity index is 1050. The Morgan fingerprint density at radius 2 is 1.04 bits per heavy atom. The van der Waals surface area contributed by atoms with Gasteiger partial charge in [0.15, 0.2) is 5.79 Å². The molecular formula is C49H82N2O2. The Morgan fingerprint density at radius 1 is 0.604 bits per heavy atom. The van der Waals surface area contributed by atoms with Crippen LogP contribution in [0, 0.1) is 0 Å². The zero-order valence-corrected chi connectivity index (χ0v) is 34.9. The van der Waals surface area contributed by atoms with Crippen molar-refractivity contribution in [2.45, 2.75) is 224 Å². The Balaban J connectivity index is 1.31. The molecule has 4 heteroatoms. The third-order valence-electron chi connectivity index (χ3n) is 11.5. The number of aromatic nitrogens is 1. The van der Waals surface area contributed by atoms with Crippen LogP contribution in [0.1, 0.15) is 199 Å². The van der Waals surface area contributed by atoms with E-state index in [9.17, 15) is 0 Å². The van der Waals surface area contributed by atoms with Crippen molar-refractivity contribution in [2.24, 2.45) is 0 Å². The second kappa shape index (κ2) is 30.2. The molecule has 1 aromatic heterocycles. The second-order valence-corrected chi connectivity index (χ2v) is 16.3. The van der Waals surface area contributed by atoms with Crippen LogP contribution in [0.4, 0.5) is 0 Å². The molecule has 0 bridgehead atoms. The van der Waals surface area contributed by atoms with Gasteiger partial charge in [0.25, 0.3) is 0 Å². The molecular weight excluding hydrogens is 649 g/mol. The van der Waals surface area contributed by atoms with E-state index in [1.165, 1.54) is 147 Å². The highest BCUT2D eigenvalue weighted by Crippen LogP contribution is 2.45. The first-order valence-electron chi connectivity index (χ1n) is 22.7. The fourth-order valence-corrected chi connectivity index (χ4v) is 8.16. The monoisotopic (exact) mass is 731 g/mol. The van der Waals surface area contributed by atoms with Gasteiger partial charge in [-0.3, -0.25) is 9.88 Å². The third-order valence-corrected chi connectivity index (χ3v) is 11.5. The second-order valence-electron chi connectivity index (χ2n) is 16.3. The van der Waals surface area contributed by atoms with E-state index >= 15 is 0 Å². The maximum absolute atomic E-state index is 6.97. The molecule has 2 fully saturated rings. The normalized spacial score (nSPS) is 20.0. The average Bonchev–Trinajstić information content (AvgIpc) is 3.72. The number of nitrogens with zero attached hydrogens (tertiary/aromatic N) is 2. The molecule has 0 radical (unpaired) electrons. The lowest BCUT2D eigenvalue weighted by Gasteiger charge is -2.32. The van der Waals surface area contributed by atoms with Gasteiger partial charge in [0.05, 0.1) is 12.2 Å². The summed E-state index contributed by atoms with van der Waals surface area (Å²) in [5.41, 5.74) is 1.28. The van der Waals surface area contributed by atoms with Crippen molar-refractivity contribution in [3.05, 3.63) is 78.7 Å². The number of hydrogen-bond donors (Lipinski definition) is 0. The summed E-state index contributed by atoms with van der Waals surface area (Å²) < 4.78 is 13.9. The summed E-state index contributed by atoms with van der Waals surface area (Å²) in [6, 6.07) is 4.72. The molecule has 1 aromatic rings. The predicted molar refractivity (Wildman–Crippen MR) is 229 cm³/mol. The maximum Gasteiger partial charge on any atom is 0.169 e. The quantitative estimate of drug-likeness (QED) is 0.0533. The van der Waals surface area contributed by atoms with Crippen molar-refractivity contribution in [3.63, 3.8) is 0 Å². The van der Waals surface area contributed by atoms with Crippen molar-refractivity contribution in [1.82, 2.24) is 9.88 Å². The van der Waals surface area contributed by atoms with Gasteiger partial charge in [-0.25, -0.2) is 0 Å². The van der Waals surface area contributed by atoms with E-state index in [2.05, 4.69) is 85.5 Å². The number of hydrogen-bond acceptors (Lipinski definition) is 4. The molecule has 3 rings (SSSR count). The fourth-order valence-electron chi connectivity index (χ4n) is 8.16. The lowest BCUT2D eigenvalue weighted by molar-refractivity contribution is -0.193. The molecule has 1 aliphatic heterocycles. The molecule has 2 aliphatic rings. The number of rotatable bonds is 33. The smallest absolute Gasteiger partial charge is 0.169 e. The first-order chi connectivity index (χ1) is 26.2. The van der Waals surface area contributed by atoms with Crippen LogP contribution in [0.15, 0.2) is 73.1 Å². The molecule has 0 N–H and O–H groups in total. The molecule has 0 spiro atoms. The largest absolute Gasteiger partial charge is 0.344 e. The Kier molecular flexibility index (Phi) is 25.9. The molecule has 1 aliphatic carbocycles. The first kappa shape index (κ1) is 45.4. The van der Waals surface area contributed by atoms with E-state index in [1.807, 2.05) is 18.5 Å². The van der Waals surface area contributed by atoms with E-state index in [0.717, 1.165) is 45.1 Å². The molecule has 2 heterocycles. The standard InChI is InChI=1S/C49H82N2O2/c1-4-6-8-10-12-14-16-18-20-22-24-26-28-30-32-34-38-49(39-35-33-31-29-27-25-23-21-19-17-15-13-11-9-7-5-2)52-47-41-46(42-48(47)53-49)51(3)44-45-37-36-40-50-43-45/h12-15,18-21,36-37,40,43,46-48H,4-11,16-17,22-35,38-39,41-42,44H2,1-3H3/b14-12-,15-13-,20-18-,21-19-/t46-,47-,48?/m1/s1. The van der Waals surface area contributed by atoms with Crippen molar-refractivity contribution in [2.75, 3.05) is 7.05 Å². The summed E-state index contributed by atoms with van der Waals surface area (Å²) in [5.74, 6) is -0.354. The summed E-state index contributed by atoms with van der Waals surface area (Å²) in [4.78, 5) is 6.80. The summed E-state index contributed by atoms with van der Waals surface area (Å²) in [5, 5.41) is 0. The Labute approximate surface area is 328 Å². The van der Waals surface area contributed by atoms with Crippen LogP contribution in [0.3, 0.4) is 0 Å². The molecule has 0 amide bonds. The van der Waals surface area contributed by atoms with Gasteiger partial charge in [0, 0.05) is 37.8 Å². The van der Waals surface area contributed by atoms with Crippen LogP contribution in [0.5, 0.6) is 0 Å². The van der Waals surface area contributed by atoms with Crippen LogP contribution >= 0.6 is 0 Å². The maximum atomic E-state index is 6.97. The Morgan fingerprint density at radius 3 is 1.47 bits per heavy atom. The number of fused-ring (bicyclic) bond motifs is 1. The highest BCUT2D eigenvalue weighted by Gasteiger charge is 2.51. The summed E-state index contributed by atoms with van der Waals surface area (Å²) in [6.45, 7) is 5.47. The minimum atomic E-state index is -0.354. The van der Waals surface area contributed by atoms with Gasteiger partial charge >= 0.3 is 0 Å². The number of allylic oxidation sites excluding steroid dienone is 8. The average molecular weight is 731 g/mol. The van der Waals surface area contributed by atoms with Crippen LogP contribution in [0.2, 0.25) is 0 Å². The highest BCUT2D eigenvalue weighted by molar-refractivity contribution is 5.09. The molecule has 1 unspecified atom stereocenters. The van der Waals surface area contributed by atoms with Gasteiger partial charge in [0.1, 0.15) is 0 Å². The number of ether oxygens (including phenoxy) is 2. The van der Waals surface area contributed by atoms with E-state index in [1.54, 1.807) is 0 Å². The predicted octanol–water partition coefficient (Wildman–Crippen LogP) is 14.6. The van der Waals surface area contributed by atoms with E-state index in [-0.39, 0.29) is 18.0 Å². The zero-order chi connectivity index (χ0) is 37.5. The molecule has 3 atom stereocenters. The van der Waals surface area contributed by atoms with Gasteiger partial charge in [-0.05, 0) is 109 Å². The molecule has 0 aromatic carbocycles. The van der Waals surface area contributed by atoms with Gasteiger partial charge in [-0.1, -0.05) is 146 Å². The van der Waals surface area contributed by atoms with Crippen LogP contribution in [-0.4, -0.2) is 41.0 Å². The topological polar surface area (TPSA) is 34.6 Å². The summed E-state index contributed by atoms with van der Waals surface area (Å²) >= 11 is 0. The molecule has 4 nitrogen and oxygen atoms in total. The molecule has 300 valence electrons. The van der Waals surface area contributed by atoms with Gasteiger partial charge in [-0.2, -0.15) is 0 Å². The zero-order valence-electron chi connectivity index (χ0n) is 34.9. The van der Waals surface area contributed by atoms with Crippen molar-refractivity contribution >= 4 is 0 Å². The third kappa shape index (κ3) is 21.0. The van der Waals surface area contributed by atoms with Crippen molar-refractivity contribution in [3.8, 4) is 0 Å². The molecule has 1 saturated heterocycles. The van der Waals surface area contributed by atoms with Gasteiger partial charge < -0.3 is 9.47 Å². The number of unbranched alkanes of at least 4 members (excludes halogenated alkanes) is 18. The van der Waals surface area contributed by atoms with E-state index in [4.69, 9.17) is 9.47 Å². The molecule has 1 saturated carbocycles. The lowest BCUT2D eigenvalue weighted by Crippen LogP contribution is -2.35. The lowest BCUT2D eigenvalue weighted by atomic mass is 9.98. The SMILES string of the molecule is CCCCC/C=C\C/C=C\CCCCCCCCC1(CCCCCCCC/C=C\C/C=C\CCCCC)OC2C[C@H](N(C)Cc3cccnc3)C[C@H]2O1. The van der Waals surface area contributed by atoms with Crippen LogP contribution < -0.4 is 0 Å². The summed E-state index contributed by atoms with van der Waals surface area (Å²) in [6.07, 6.45) is 58.3. The van der Waals surface area contributed by atoms with Crippen LogP contribution in [-0.2, 0) is 16.0 Å². The first-order valence-corrected chi connectivity index (χ1v) is 22.7.